The SMILES string of the molecule is CCC(C)(C)NC(=O)C1(F)CCN(OC(=O)N2CCCCCC2)CC1. The molecule has 0 radical (unpaired) electrons. The third kappa shape index (κ3) is 5.56. The number of hydrogen-bond acceptors (Lipinski definition) is 4. The van der Waals surface area contributed by atoms with E-state index >= 15 is 0 Å². The number of alkyl halides is 1. The molecule has 7 heteroatoms. The molecule has 2 aliphatic rings. The number of hydroxylamine groups is 2. The smallest absolute Gasteiger partial charge is 0.351 e. The molecule has 25 heavy (non-hydrogen) atoms. The Hall–Kier alpha value is -1.37. The van der Waals surface area contributed by atoms with E-state index < -0.39 is 17.1 Å². The number of nitrogens with one attached hydrogen (secondary N) is 1. The van der Waals surface area contributed by atoms with Crippen LogP contribution in [0.3, 0.4) is 0 Å². The van der Waals surface area contributed by atoms with Gasteiger partial charge >= 0.3 is 6.09 Å². The highest BCUT2D eigenvalue weighted by Gasteiger charge is 2.44. The second kappa shape index (κ2) is 8.34. The van der Waals surface area contributed by atoms with Crippen molar-refractivity contribution in [2.24, 2.45) is 0 Å². The van der Waals surface area contributed by atoms with Gasteiger partial charge in [0.15, 0.2) is 5.67 Å². The lowest BCUT2D eigenvalue weighted by Crippen LogP contribution is -2.56. The van der Waals surface area contributed by atoms with Crippen LogP contribution >= 0.6 is 0 Å². The Morgan fingerprint density at radius 3 is 2.16 bits per heavy atom. The number of likely N-dealkylation sites (tertiary alicyclic amines) is 1. The first-order chi connectivity index (χ1) is 11.8. The minimum Gasteiger partial charge on any atom is -0.351 e. The van der Waals surface area contributed by atoms with Gasteiger partial charge < -0.3 is 15.1 Å². The first-order valence-corrected chi connectivity index (χ1v) is 9.49. The van der Waals surface area contributed by atoms with Crippen LogP contribution < -0.4 is 5.32 Å². The van der Waals surface area contributed by atoms with E-state index in [9.17, 15) is 14.0 Å². The average Bonchev–Trinajstić information content (AvgIpc) is 2.86. The molecule has 2 amide bonds. The molecule has 0 aromatic heterocycles. The largest absolute Gasteiger partial charge is 0.428 e. The highest BCUT2D eigenvalue weighted by Crippen LogP contribution is 2.28. The van der Waals surface area contributed by atoms with E-state index in [0.717, 1.165) is 32.1 Å². The molecule has 0 aliphatic carbocycles. The molecule has 0 aromatic rings. The molecule has 0 spiro atoms. The second-order valence-corrected chi connectivity index (χ2v) is 7.84. The van der Waals surface area contributed by atoms with Gasteiger partial charge in [0.2, 0.25) is 0 Å². The van der Waals surface area contributed by atoms with Crippen LogP contribution in [0.2, 0.25) is 0 Å². The zero-order valence-electron chi connectivity index (χ0n) is 15.8. The molecule has 0 saturated carbocycles. The molecule has 2 heterocycles. The van der Waals surface area contributed by atoms with Gasteiger partial charge in [-0.15, -0.1) is 5.06 Å². The monoisotopic (exact) mass is 357 g/mol. The zero-order valence-corrected chi connectivity index (χ0v) is 15.8. The molecular formula is C18H32FN3O3. The summed E-state index contributed by atoms with van der Waals surface area (Å²) in [4.78, 5) is 31.6. The molecule has 2 saturated heterocycles. The quantitative estimate of drug-likeness (QED) is 0.840. The summed E-state index contributed by atoms with van der Waals surface area (Å²) in [5, 5.41) is 4.27. The fourth-order valence-electron chi connectivity index (χ4n) is 3.09. The first-order valence-electron chi connectivity index (χ1n) is 9.49. The topological polar surface area (TPSA) is 61.9 Å². The fraction of sp³-hybridized carbons (Fsp3) is 0.889. The summed E-state index contributed by atoms with van der Waals surface area (Å²) in [6, 6.07) is 0. The van der Waals surface area contributed by atoms with Crippen molar-refractivity contribution in [2.45, 2.75) is 76.9 Å². The highest BCUT2D eigenvalue weighted by molar-refractivity contribution is 5.85. The van der Waals surface area contributed by atoms with Gasteiger partial charge in [0, 0.05) is 44.6 Å². The number of nitrogens with zero attached hydrogens (tertiary/aromatic N) is 2. The Labute approximate surface area is 150 Å². The van der Waals surface area contributed by atoms with Crippen molar-refractivity contribution in [1.82, 2.24) is 15.3 Å². The van der Waals surface area contributed by atoms with Gasteiger partial charge in [-0.05, 0) is 33.1 Å². The summed E-state index contributed by atoms with van der Waals surface area (Å²) in [5.41, 5.74) is -2.31. The van der Waals surface area contributed by atoms with Crippen LogP contribution in [0.4, 0.5) is 9.18 Å². The summed E-state index contributed by atoms with van der Waals surface area (Å²) < 4.78 is 15.0. The Bertz CT molecular complexity index is 468. The number of amides is 2. The molecule has 6 nitrogen and oxygen atoms in total. The van der Waals surface area contributed by atoms with E-state index in [4.69, 9.17) is 4.84 Å². The number of hydrogen-bond donors (Lipinski definition) is 1. The molecule has 0 unspecified atom stereocenters. The average molecular weight is 357 g/mol. The third-order valence-electron chi connectivity index (χ3n) is 5.33. The van der Waals surface area contributed by atoms with Gasteiger partial charge in [-0.1, -0.05) is 19.8 Å². The first kappa shape index (κ1) is 19.9. The molecule has 0 atom stereocenters. The summed E-state index contributed by atoms with van der Waals surface area (Å²) >= 11 is 0. The number of carbonyl (C=O) groups excluding carboxylic acids is 2. The number of rotatable bonds is 4. The minimum atomic E-state index is -1.89. The highest BCUT2D eigenvalue weighted by atomic mass is 19.1. The summed E-state index contributed by atoms with van der Waals surface area (Å²) in [6.07, 6.45) is 4.71. The second-order valence-electron chi connectivity index (χ2n) is 7.84. The predicted octanol–water partition coefficient (Wildman–Crippen LogP) is 3.02. The van der Waals surface area contributed by atoms with E-state index in [1.165, 1.54) is 5.06 Å². The lowest BCUT2D eigenvalue weighted by molar-refractivity contribution is -0.158. The van der Waals surface area contributed by atoms with Crippen molar-refractivity contribution in [3.05, 3.63) is 0 Å². The maximum absolute atomic E-state index is 15.0. The Morgan fingerprint density at radius 1 is 1.08 bits per heavy atom. The van der Waals surface area contributed by atoms with E-state index in [1.54, 1.807) is 4.90 Å². The van der Waals surface area contributed by atoms with Gasteiger partial charge in [-0.3, -0.25) is 4.79 Å². The standard InChI is InChI=1S/C18H32FN3O3/c1-4-17(2,3)20-15(23)18(19)9-13-22(14-10-18)25-16(24)21-11-7-5-6-8-12-21/h4-14H2,1-3H3,(H,20,23). The molecule has 2 rings (SSSR count). The lowest BCUT2D eigenvalue weighted by Gasteiger charge is -2.37. The fourth-order valence-corrected chi connectivity index (χ4v) is 3.09. The van der Waals surface area contributed by atoms with Crippen LogP contribution in [0.5, 0.6) is 0 Å². The van der Waals surface area contributed by atoms with Crippen LogP contribution in [0.15, 0.2) is 0 Å². The van der Waals surface area contributed by atoms with Crippen LogP contribution in [0.25, 0.3) is 0 Å². The normalized spacial score (nSPS) is 22.2. The van der Waals surface area contributed by atoms with Crippen molar-refractivity contribution in [2.75, 3.05) is 26.2 Å². The number of halogens is 1. The molecule has 144 valence electrons. The summed E-state index contributed by atoms with van der Waals surface area (Å²) in [6.45, 7) is 7.61. The lowest BCUT2D eigenvalue weighted by atomic mass is 9.91. The number of piperidine rings is 1. The van der Waals surface area contributed by atoms with Crippen molar-refractivity contribution in [3.63, 3.8) is 0 Å². The van der Waals surface area contributed by atoms with Crippen LogP contribution in [0.1, 0.15) is 65.7 Å². The maximum atomic E-state index is 15.0. The van der Waals surface area contributed by atoms with Gasteiger partial charge in [0.1, 0.15) is 0 Å². The maximum Gasteiger partial charge on any atom is 0.428 e. The van der Waals surface area contributed by atoms with Crippen molar-refractivity contribution in [3.8, 4) is 0 Å². The van der Waals surface area contributed by atoms with E-state index in [-0.39, 0.29) is 32.0 Å². The van der Waals surface area contributed by atoms with E-state index in [1.807, 2.05) is 20.8 Å². The van der Waals surface area contributed by atoms with Crippen molar-refractivity contribution >= 4 is 12.0 Å². The van der Waals surface area contributed by atoms with E-state index in [0.29, 0.717) is 13.1 Å². The Balaban J connectivity index is 1.82. The van der Waals surface area contributed by atoms with Gasteiger partial charge in [0.05, 0.1) is 0 Å². The van der Waals surface area contributed by atoms with Gasteiger partial charge in [-0.25, -0.2) is 9.18 Å². The van der Waals surface area contributed by atoms with Crippen LogP contribution in [-0.4, -0.2) is 59.4 Å². The molecule has 0 aromatic carbocycles. The third-order valence-corrected chi connectivity index (χ3v) is 5.33. The van der Waals surface area contributed by atoms with Gasteiger partial charge in [-0.2, -0.15) is 0 Å². The summed E-state index contributed by atoms with van der Waals surface area (Å²) in [7, 11) is 0. The summed E-state index contributed by atoms with van der Waals surface area (Å²) in [5.74, 6) is -0.558. The minimum absolute atomic E-state index is 0.0336. The number of carbonyl (C=O) groups is 2. The Morgan fingerprint density at radius 2 is 1.64 bits per heavy atom. The molecule has 2 aliphatic heterocycles. The molecule has 1 N–H and O–H groups in total. The molecule has 0 bridgehead atoms. The van der Waals surface area contributed by atoms with Crippen LogP contribution in [-0.2, 0) is 9.63 Å². The zero-order chi connectivity index (χ0) is 18.5. The van der Waals surface area contributed by atoms with Crippen molar-refractivity contribution < 1.29 is 18.8 Å². The predicted molar refractivity (Wildman–Crippen MR) is 93.7 cm³/mol. The van der Waals surface area contributed by atoms with Crippen LogP contribution in [0, 0.1) is 0 Å². The molecule has 2 fully saturated rings. The Kier molecular flexibility index (Phi) is 6.65. The molecular weight excluding hydrogens is 325 g/mol. The van der Waals surface area contributed by atoms with Gasteiger partial charge in [0.25, 0.3) is 5.91 Å². The van der Waals surface area contributed by atoms with E-state index in [2.05, 4.69) is 5.32 Å². The van der Waals surface area contributed by atoms with Crippen molar-refractivity contribution in [1.29, 1.82) is 0 Å².